The van der Waals surface area contributed by atoms with Crippen LogP contribution in [0.5, 0.6) is 5.75 Å². The van der Waals surface area contributed by atoms with Crippen LogP contribution in [0.15, 0.2) is 84.7 Å². The zero-order chi connectivity index (χ0) is 34.9. The van der Waals surface area contributed by atoms with Gasteiger partial charge < -0.3 is 9.47 Å². The molecule has 4 rings (SSSR count). The maximum absolute atomic E-state index is 14.5. The van der Waals surface area contributed by atoms with Crippen LogP contribution in [-0.4, -0.2) is 25.2 Å². The second-order valence-electron chi connectivity index (χ2n) is 12.9. The standard InChI is InChI=1S/C41H48F6O2/c42-33-17-13-31(14-18-33)37-23-21-35(29-39(37)44)48-27-11-7-3-1-5-9-25-41(46,47)26-10-6-2-4-8-12-28-49-36-22-24-38(40(45)30-36)32-15-19-34(43)20-16-32/h13-21,23-24,29-30,36H,1-12,22,25-28H2. The summed E-state index contributed by atoms with van der Waals surface area (Å²) in [5.41, 5.74) is 2.09. The minimum atomic E-state index is -2.61. The molecule has 0 saturated heterocycles. The smallest absolute Gasteiger partial charge is 0.248 e. The summed E-state index contributed by atoms with van der Waals surface area (Å²) < 4.78 is 95.4. The van der Waals surface area contributed by atoms with E-state index in [1.807, 2.05) is 0 Å². The normalized spacial score (nSPS) is 14.9. The molecule has 0 fully saturated rings. The first-order valence-electron chi connectivity index (χ1n) is 17.7. The highest BCUT2D eigenvalue weighted by atomic mass is 19.3. The van der Waals surface area contributed by atoms with E-state index >= 15 is 0 Å². The molecular formula is C41H48F6O2. The van der Waals surface area contributed by atoms with Gasteiger partial charge in [-0.25, -0.2) is 26.3 Å². The summed E-state index contributed by atoms with van der Waals surface area (Å²) in [6.07, 6.45) is 13.2. The van der Waals surface area contributed by atoms with Crippen molar-refractivity contribution in [3.05, 3.63) is 108 Å². The summed E-state index contributed by atoms with van der Waals surface area (Å²) >= 11 is 0. The minimum absolute atomic E-state index is 0.0636. The second-order valence-corrected chi connectivity index (χ2v) is 12.9. The van der Waals surface area contributed by atoms with Crippen molar-refractivity contribution in [2.24, 2.45) is 0 Å². The summed E-state index contributed by atoms with van der Waals surface area (Å²) in [6, 6.07) is 16.1. The van der Waals surface area contributed by atoms with E-state index in [-0.39, 0.29) is 36.4 Å². The van der Waals surface area contributed by atoms with E-state index in [2.05, 4.69) is 0 Å². The van der Waals surface area contributed by atoms with Gasteiger partial charge in [-0.15, -0.1) is 0 Å². The average molecular weight is 687 g/mol. The molecule has 3 aromatic rings. The molecular weight excluding hydrogens is 638 g/mol. The number of benzene rings is 3. The monoisotopic (exact) mass is 686 g/mol. The molecule has 0 spiro atoms. The van der Waals surface area contributed by atoms with Crippen LogP contribution in [0.25, 0.3) is 16.7 Å². The minimum Gasteiger partial charge on any atom is -0.493 e. The molecule has 3 aromatic carbocycles. The van der Waals surface area contributed by atoms with E-state index in [1.54, 1.807) is 30.3 Å². The van der Waals surface area contributed by atoms with Gasteiger partial charge in [-0.05, 0) is 85.7 Å². The molecule has 0 bridgehead atoms. The number of ether oxygens (including phenoxy) is 2. The second kappa shape index (κ2) is 20.2. The van der Waals surface area contributed by atoms with Gasteiger partial charge in [-0.2, -0.15) is 0 Å². The van der Waals surface area contributed by atoms with Crippen LogP contribution in [0.4, 0.5) is 26.3 Å². The highest BCUT2D eigenvalue weighted by Crippen LogP contribution is 2.31. The topological polar surface area (TPSA) is 18.5 Å². The Morgan fingerprint density at radius 3 is 1.69 bits per heavy atom. The van der Waals surface area contributed by atoms with Gasteiger partial charge in [0.15, 0.2) is 0 Å². The molecule has 266 valence electrons. The van der Waals surface area contributed by atoms with Gasteiger partial charge in [0.05, 0.1) is 12.7 Å². The van der Waals surface area contributed by atoms with E-state index in [1.165, 1.54) is 48.5 Å². The van der Waals surface area contributed by atoms with Crippen LogP contribution in [0.3, 0.4) is 0 Å². The lowest BCUT2D eigenvalue weighted by Gasteiger charge is -2.19. The van der Waals surface area contributed by atoms with Gasteiger partial charge in [0.25, 0.3) is 0 Å². The Labute approximate surface area is 287 Å². The van der Waals surface area contributed by atoms with Crippen LogP contribution in [0.2, 0.25) is 0 Å². The predicted octanol–water partition coefficient (Wildman–Crippen LogP) is 13.0. The number of alkyl halides is 2. The highest BCUT2D eigenvalue weighted by Gasteiger charge is 2.27. The van der Waals surface area contributed by atoms with Crippen molar-refractivity contribution >= 4 is 5.57 Å². The van der Waals surface area contributed by atoms with Crippen LogP contribution < -0.4 is 4.74 Å². The lowest BCUT2D eigenvalue weighted by Crippen LogP contribution is -2.15. The van der Waals surface area contributed by atoms with Crippen molar-refractivity contribution in [3.8, 4) is 16.9 Å². The first-order chi connectivity index (χ1) is 23.7. The van der Waals surface area contributed by atoms with Crippen molar-refractivity contribution in [1.82, 2.24) is 0 Å². The number of unbranched alkanes of at least 4 members (excludes halogenated alkanes) is 10. The first kappa shape index (κ1) is 38.3. The Hall–Kier alpha value is -3.52. The summed E-state index contributed by atoms with van der Waals surface area (Å²) in [5, 5.41) is 0. The van der Waals surface area contributed by atoms with Gasteiger partial charge in [-0.3, -0.25) is 0 Å². The summed E-state index contributed by atoms with van der Waals surface area (Å²) in [6.45, 7) is 0.983. The van der Waals surface area contributed by atoms with Crippen molar-refractivity contribution in [2.75, 3.05) is 13.2 Å². The average Bonchev–Trinajstić information content (AvgIpc) is 3.08. The molecule has 1 aliphatic rings. The quantitative estimate of drug-likeness (QED) is 0.0774. The van der Waals surface area contributed by atoms with Crippen LogP contribution in [0.1, 0.15) is 102 Å². The fourth-order valence-electron chi connectivity index (χ4n) is 6.04. The van der Waals surface area contributed by atoms with E-state index < -0.39 is 11.7 Å². The molecule has 0 amide bonds. The van der Waals surface area contributed by atoms with Crippen molar-refractivity contribution < 1.29 is 35.8 Å². The number of rotatable bonds is 22. The van der Waals surface area contributed by atoms with E-state index in [0.29, 0.717) is 60.5 Å². The third-order valence-corrected chi connectivity index (χ3v) is 8.87. The van der Waals surface area contributed by atoms with E-state index in [0.717, 1.165) is 64.2 Å². The zero-order valence-corrected chi connectivity index (χ0v) is 28.2. The molecule has 1 aliphatic carbocycles. The summed E-state index contributed by atoms with van der Waals surface area (Å²) in [7, 11) is 0. The van der Waals surface area contributed by atoms with E-state index in [4.69, 9.17) is 9.47 Å². The predicted molar refractivity (Wildman–Crippen MR) is 185 cm³/mol. The molecule has 0 radical (unpaired) electrons. The fraction of sp³-hybridized carbons (Fsp3) is 0.463. The Balaban J connectivity index is 0.936. The Kier molecular flexibility index (Phi) is 15.8. The Morgan fingerprint density at radius 2 is 1.12 bits per heavy atom. The van der Waals surface area contributed by atoms with Gasteiger partial charge >= 0.3 is 0 Å². The third kappa shape index (κ3) is 13.7. The third-order valence-electron chi connectivity index (χ3n) is 8.87. The molecule has 8 heteroatoms. The maximum atomic E-state index is 14.5. The van der Waals surface area contributed by atoms with Crippen LogP contribution >= 0.6 is 0 Å². The lowest BCUT2D eigenvalue weighted by molar-refractivity contribution is -0.0206. The molecule has 0 saturated carbocycles. The van der Waals surface area contributed by atoms with Crippen molar-refractivity contribution in [1.29, 1.82) is 0 Å². The Bertz CT molecular complexity index is 1470. The van der Waals surface area contributed by atoms with E-state index in [9.17, 15) is 26.3 Å². The van der Waals surface area contributed by atoms with Crippen molar-refractivity contribution in [3.63, 3.8) is 0 Å². The van der Waals surface area contributed by atoms with Gasteiger partial charge in [0.2, 0.25) is 5.92 Å². The number of hydrogen-bond acceptors (Lipinski definition) is 2. The molecule has 1 atom stereocenters. The zero-order valence-electron chi connectivity index (χ0n) is 28.2. The van der Waals surface area contributed by atoms with Gasteiger partial charge in [-0.1, -0.05) is 81.7 Å². The van der Waals surface area contributed by atoms with Gasteiger partial charge in [0.1, 0.15) is 29.0 Å². The summed E-state index contributed by atoms with van der Waals surface area (Å²) in [4.78, 5) is 0. The van der Waals surface area contributed by atoms with Crippen LogP contribution in [-0.2, 0) is 4.74 Å². The van der Waals surface area contributed by atoms with Gasteiger partial charge in [0, 0.05) is 36.7 Å². The molecule has 0 heterocycles. The molecule has 2 nitrogen and oxygen atoms in total. The van der Waals surface area contributed by atoms with Crippen LogP contribution in [0, 0.1) is 17.5 Å². The highest BCUT2D eigenvalue weighted by molar-refractivity contribution is 5.78. The number of hydrogen-bond donors (Lipinski definition) is 0. The largest absolute Gasteiger partial charge is 0.493 e. The molecule has 0 N–H and O–H groups in total. The number of halogens is 6. The molecule has 0 aromatic heterocycles. The SMILES string of the molecule is FC1=CC(OCCCCCCCCC(F)(F)CCCCCCCCOc2ccc(-c3ccc(F)cc3)c(F)c2)CC=C1c1ccc(F)cc1. The van der Waals surface area contributed by atoms with Crippen molar-refractivity contribution in [2.45, 2.75) is 108 Å². The number of allylic oxidation sites excluding steroid dienone is 2. The summed E-state index contributed by atoms with van der Waals surface area (Å²) in [5.74, 6) is -3.68. The Morgan fingerprint density at radius 1 is 0.592 bits per heavy atom. The lowest BCUT2D eigenvalue weighted by atomic mass is 9.97. The first-order valence-corrected chi connectivity index (χ1v) is 17.7. The molecule has 49 heavy (non-hydrogen) atoms. The molecule has 1 unspecified atom stereocenters. The maximum Gasteiger partial charge on any atom is 0.248 e. The fourth-order valence-corrected chi connectivity index (χ4v) is 6.04. The molecule has 0 aliphatic heterocycles.